The van der Waals surface area contributed by atoms with E-state index in [1.54, 1.807) is 0 Å². The van der Waals surface area contributed by atoms with Crippen molar-refractivity contribution in [2.24, 2.45) is 5.41 Å². The van der Waals surface area contributed by atoms with E-state index in [0.717, 1.165) is 19.7 Å². The van der Waals surface area contributed by atoms with Gasteiger partial charge in [-0.15, -0.1) is 0 Å². The van der Waals surface area contributed by atoms with Gasteiger partial charge in [0.15, 0.2) is 0 Å². The zero-order valence-corrected chi connectivity index (χ0v) is 10.7. The van der Waals surface area contributed by atoms with Crippen LogP contribution in [0.25, 0.3) is 0 Å². The van der Waals surface area contributed by atoms with Crippen LogP contribution in [0, 0.1) is 5.41 Å². The Hall–Kier alpha value is -0.860. The highest BCUT2D eigenvalue weighted by Crippen LogP contribution is 2.34. The molecule has 2 heteroatoms. The van der Waals surface area contributed by atoms with Crippen LogP contribution in [0.3, 0.4) is 0 Å². The molecular weight excluding hydrogens is 210 g/mol. The van der Waals surface area contributed by atoms with Crippen LogP contribution in [0.1, 0.15) is 24.8 Å². The van der Waals surface area contributed by atoms with Crippen molar-refractivity contribution in [2.45, 2.75) is 25.7 Å². The fourth-order valence-electron chi connectivity index (χ4n) is 2.78. The standard InChI is InChI=1S/C15H23NO/c1-17-13-15(9-11-16-12-10-15)8-7-14-5-3-2-4-6-14/h2-6,16H,7-13H2,1H3. The topological polar surface area (TPSA) is 21.3 Å². The van der Waals surface area contributed by atoms with Gasteiger partial charge in [0.1, 0.15) is 0 Å². The van der Waals surface area contributed by atoms with Gasteiger partial charge in [-0.3, -0.25) is 0 Å². The molecule has 1 saturated heterocycles. The van der Waals surface area contributed by atoms with Gasteiger partial charge in [-0.1, -0.05) is 30.3 Å². The van der Waals surface area contributed by atoms with Gasteiger partial charge in [0.05, 0.1) is 6.61 Å². The number of methoxy groups -OCH3 is 1. The molecule has 0 aromatic heterocycles. The van der Waals surface area contributed by atoms with Crippen molar-refractivity contribution in [1.82, 2.24) is 5.32 Å². The second-order valence-electron chi connectivity index (χ2n) is 5.17. The quantitative estimate of drug-likeness (QED) is 0.844. The first kappa shape index (κ1) is 12.6. The molecule has 94 valence electrons. The molecule has 1 aromatic carbocycles. The van der Waals surface area contributed by atoms with Crippen molar-refractivity contribution < 1.29 is 4.74 Å². The van der Waals surface area contributed by atoms with Gasteiger partial charge in [0.25, 0.3) is 0 Å². The molecular formula is C15H23NO. The molecule has 2 rings (SSSR count). The van der Waals surface area contributed by atoms with Crippen LogP contribution in [0.15, 0.2) is 30.3 Å². The van der Waals surface area contributed by atoms with Crippen LogP contribution >= 0.6 is 0 Å². The van der Waals surface area contributed by atoms with Gasteiger partial charge in [-0.25, -0.2) is 0 Å². The van der Waals surface area contributed by atoms with E-state index in [0.29, 0.717) is 5.41 Å². The molecule has 0 unspecified atom stereocenters. The van der Waals surface area contributed by atoms with Crippen LogP contribution in [0.2, 0.25) is 0 Å². The molecule has 0 bridgehead atoms. The summed E-state index contributed by atoms with van der Waals surface area (Å²) in [6.45, 7) is 3.18. The van der Waals surface area contributed by atoms with Gasteiger partial charge in [-0.05, 0) is 49.8 Å². The summed E-state index contributed by atoms with van der Waals surface area (Å²) in [5, 5.41) is 3.44. The Morgan fingerprint density at radius 1 is 1.18 bits per heavy atom. The predicted molar refractivity (Wildman–Crippen MR) is 71.2 cm³/mol. The van der Waals surface area contributed by atoms with E-state index < -0.39 is 0 Å². The molecule has 0 saturated carbocycles. The summed E-state index contributed by atoms with van der Waals surface area (Å²) in [6.07, 6.45) is 4.90. The number of rotatable bonds is 5. The second-order valence-corrected chi connectivity index (χ2v) is 5.17. The highest BCUT2D eigenvalue weighted by molar-refractivity contribution is 5.15. The lowest BCUT2D eigenvalue weighted by molar-refractivity contribution is 0.0473. The van der Waals surface area contributed by atoms with Crippen molar-refractivity contribution in [3.8, 4) is 0 Å². The van der Waals surface area contributed by atoms with E-state index in [9.17, 15) is 0 Å². The molecule has 0 spiro atoms. The van der Waals surface area contributed by atoms with Gasteiger partial charge in [0.2, 0.25) is 0 Å². The Bertz CT molecular complexity index is 311. The molecule has 0 amide bonds. The summed E-state index contributed by atoms with van der Waals surface area (Å²) in [5.74, 6) is 0. The van der Waals surface area contributed by atoms with Crippen LogP contribution in [-0.2, 0) is 11.2 Å². The number of hydrogen-bond acceptors (Lipinski definition) is 2. The Morgan fingerprint density at radius 2 is 1.88 bits per heavy atom. The van der Waals surface area contributed by atoms with E-state index in [4.69, 9.17) is 4.74 Å². The maximum absolute atomic E-state index is 5.45. The van der Waals surface area contributed by atoms with Crippen molar-refractivity contribution >= 4 is 0 Å². The van der Waals surface area contributed by atoms with Crippen molar-refractivity contribution in [3.63, 3.8) is 0 Å². The predicted octanol–water partition coefficient (Wildman–Crippen LogP) is 2.64. The first-order valence-corrected chi connectivity index (χ1v) is 6.58. The lowest BCUT2D eigenvalue weighted by Gasteiger charge is -2.37. The van der Waals surface area contributed by atoms with Crippen LogP contribution < -0.4 is 5.32 Å². The molecule has 0 radical (unpaired) electrons. The highest BCUT2D eigenvalue weighted by atomic mass is 16.5. The molecule has 1 aliphatic heterocycles. The van der Waals surface area contributed by atoms with Crippen molar-refractivity contribution in [2.75, 3.05) is 26.8 Å². The summed E-state index contributed by atoms with van der Waals surface area (Å²) in [4.78, 5) is 0. The van der Waals surface area contributed by atoms with Crippen LogP contribution in [-0.4, -0.2) is 26.8 Å². The molecule has 1 heterocycles. The van der Waals surface area contributed by atoms with Crippen LogP contribution in [0.4, 0.5) is 0 Å². The molecule has 0 aliphatic carbocycles. The molecule has 1 N–H and O–H groups in total. The number of aryl methyl sites for hydroxylation is 1. The van der Waals surface area contributed by atoms with E-state index in [-0.39, 0.29) is 0 Å². The van der Waals surface area contributed by atoms with Gasteiger partial charge >= 0.3 is 0 Å². The normalized spacial score (nSPS) is 19.1. The molecule has 1 fully saturated rings. The third-order valence-electron chi connectivity index (χ3n) is 3.90. The fraction of sp³-hybridized carbons (Fsp3) is 0.600. The monoisotopic (exact) mass is 233 g/mol. The van der Waals surface area contributed by atoms with Crippen molar-refractivity contribution in [3.05, 3.63) is 35.9 Å². The minimum Gasteiger partial charge on any atom is -0.384 e. The lowest BCUT2D eigenvalue weighted by atomic mass is 9.75. The fourth-order valence-corrected chi connectivity index (χ4v) is 2.78. The maximum Gasteiger partial charge on any atom is 0.0519 e. The van der Waals surface area contributed by atoms with Crippen LogP contribution in [0.5, 0.6) is 0 Å². The summed E-state index contributed by atoms with van der Waals surface area (Å²) in [5.41, 5.74) is 1.84. The number of hydrogen-bond donors (Lipinski definition) is 1. The van der Waals surface area contributed by atoms with Gasteiger partial charge < -0.3 is 10.1 Å². The Balaban J connectivity index is 1.93. The molecule has 1 aromatic rings. The number of benzene rings is 1. The third-order valence-corrected chi connectivity index (χ3v) is 3.90. The maximum atomic E-state index is 5.45. The smallest absolute Gasteiger partial charge is 0.0519 e. The highest BCUT2D eigenvalue weighted by Gasteiger charge is 2.31. The summed E-state index contributed by atoms with van der Waals surface area (Å²) in [6, 6.07) is 10.8. The Labute approximate surface area is 104 Å². The Kier molecular flexibility index (Phi) is 4.57. The Morgan fingerprint density at radius 3 is 2.53 bits per heavy atom. The molecule has 17 heavy (non-hydrogen) atoms. The average molecular weight is 233 g/mol. The summed E-state index contributed by atoms with van der Waals surface area (Å²) in [7, 11) is 1.83. The number of ether oxygens (including phenoxy) is 1. The largest absolute Gasteiger partial charge is 0.384 e. The summed E-state index contributed by atoms with van der Waals surface area (Å²) < 4.78 is 5.45. The first-order valence-electron chi connectivity index (χ1n) is 6.58. The molecule has 1 aliphatic rings. The molecule has 0 atom stereocenters. The molecule has 2 nitrogen and oxygen atoms in total. The first-order chi connectivity index (χ1) is 8.35. The van der Waals surface area contributed by atoms with E-state index in [2.05, 4.69) is 35.6 Å². The van der Waals surface area contributed by atoms with Gasteiger partial charge in [0, 0.05) is 7.11 Å². The lowest BCUT2D eigenvalue weighted by Crippen LogP contribution is -2.40. The minimum atomic E-state index is 0.399. The zero-order valence-electron chi connectivity index (χ0n) is 10.7. The average Bonchev–Trinajstić information content (AvgIpc) is 2.39. The minimum absolute atomic E-state index is 0.399. The van der Waals surface area contributed by atoms with E-state index >= 15 is 0 Å². The van der Waals surface area contributed by atoms with Gasteiger partial charge in [-0.2, -0.15) is 0 Å². The number of nitrogens with one attached hydrogen (secondary N) is 1. The second kappa shape index (κ2) is 6.18. The number of piperidine rings is 1. The van der Waals surface area contributed by atoms with Crippen molar-refractivity contribution in [1.29, 1.82) is 0 Å². The van der Waals surface area contributed by atoms with E-state index in [1.807, 2.05) is 7.11 Å². The summed E-state index contributed by atoms with van der Waals surface area (Å²) >= 11 is 0. The zero-order chi connectivity index (χ0) is 12.0. The van der Waals surface area contributed by atoms with E-state index in [1.165, 1.54) is 31.2 Å². The SMILES string of the molecule is COCC1(CCc2ccccc2)CCNCC1. The third kappa shape index (κ3) is 3.55.